The van der Waals surface area contributed by atoms with Crippen molar-refractivity contribution in [3.63, 3.8) is 0 Å². The molecule has 38 heavy (non-hydrogen) atoms. The number of benzene rings is 2. The van der Waals surface area contributed by atoms with E-state index in [1.165, 1.54) is 8.99 Å². The maximum absolute atomic E-state index is 13.1. The van der Waals surface area contributed by atoms with E-state index >= 15 is 0 Å². The van der Waals surface area contributed by atoms with E-state index in [0.29, 0.717) is 24.2 Å². The van der Waals surface area contributed by atoms with Crippen LogP contribution in [0.4, 0.5) is 5.69 Å². The highest BCUT2D eigenvalue weighted by Crippen LogP contribution is 2.24. The van der Waals surface area contributed by atoms with E-state index in [4.69, 9.17) is 0 Å². The zero-order chi connectivity index (χ0) is 27.6. The fraction of sp³-hybridized carbons (Fsp3) is 0.370. The van der Waals surface area contributed by atoms with Gasteiger partial charge in [-0.05, 0) is 57.9 Å². The van der Waals surface area contributed by atoms with E-state index in [0.717, 1.165) is 5.56 Å². The lowest BCUT2D eigenvalue weighted by Crippen LogP contribution is -2.47. The number of hydrogen-bond donors (Lipinski definition) is 2. The number of hydrogen-bond acceptors (Lipinski definition) is 5. The van der Waals surface area contributed by atoms with E-state index in [-0.39, 0.29) is 35.1 Å². The first-order valence-corrected chi connectivity index (χ1v) is 14.0. The fourth-order valence-corrected chi connectivity index (χ4v) is 6.03. The van der Waals surface area contributed by atoms with Gasteiger partial charge in [-0.15, -0.1) is 0 Å². The number of nitrogens with zero attached hydrogens (tertiary/aromatic N) is 3. The Labute approximate surface area is 222 Å². The number of aromatic nitrogens is 2. The first kappa shape index (κ1) is 27.3. The normalized spacial score (nSPS) is 15.7. The summed E-state index contributed by atoms with van der Waals surface area (Å²) < 4.78 is 30.4. The molecule has 3 aromatic rings. The molecule has 1 aliphatic rings. The summed E-state index contributed by atoms with van der Waals surface area (Å²) in [5.41, 5.74) is 2.00. The lowest BCUT2D eigenvalue weighted by Gasteiger charge is -2.31. The van der Waals surface area contributed by atoms with Crippen molar-refractivity contribution in [3.05, 3.63) is 76.2 Å². The van der Waals surface area contributed by atoms with Crippen LogP contribution in [0.25, 0.3) is 5.69 Å². The van der Waals surface area contributed by atoms with Crippen LogP contribution in [0, 0.1) is 19.8 Å². The molecule has 4 rings (SSSR count). The number of nitrogens with one attached hydrogen (secondary N) is 2. The van der Waals surface area contributed by atoms with Crippen LogP contribution >= 0.6 is 0 Å². The predicted molar refractivity (Wildman–Crippen MR) is 145 cm³/mol. The number of anilines is 1. The molecule has 2 heterocycles. The van der Waals surface area contributed by atoms with Crippen LogP contribution in [0.5, 0.6) is 0 Å². The zero-order valence-corrected chi connectivity index (χ0v) is 22.8. The predicted octanol–water partition coefficient (Wildman–Crippen LogP) is 2.34. The zero-order valence-electron chi connectivity index (χ0n) is 22.0. The summed E-state index contributed by atoms with van der Waals surface area (Å²) in [5.74, 6) is -1.24. The summed E-state index contributed by atoms with van der Waals surface area (Å²) in [6.45, 7) is 5.62. The van der Waals surface area contributed by atoms with Gasteiger partial charge in [0, 0.05) is 26.1 Å². The van der Waals surface area contributed by atoms with Crippen LogP contribution in [0.15, 0.2) is 64.3 Å². The van der Waals surface area contributed by atoms with Gasteiger partial charge in [-0.2, -0.15) is 4.31 Å². The third kappa shape index (κ3) is 5.44. The molecule has 11 heteroatoms. The molecule has 1 fully saturated rings. The minimum Gasteiger partial charge on any atom is -0.344 e. The van der Waals surface area contributed by atoms with E-state index < -0.39 is 27.9 Å². The first-order valence-electron chi connectivity index (χ1n) is 12.5. The molecule has 2 amide bonds. The average Bonchev–Trinajstić information content (AvgIpc) is 3.12. The van der Waals surface area contributed by atoms with Crippen molar-refractivity contribution in [3.8, 4) is 5.69 Å². The van der Waals surface area contributed by atoms with Gasteiger partial charge < -0.3 is 10.6 Å². The average molecular weight is 540 g/mol. The van der Waals surface area contributed by atoms with Gasteiger partial charge >= 0.3 is 0 Å². The summed E-state index contributed by atoms with van der Waals surface area (Å²) >= 11 is 0. The SMILES string of the molecule is Cc1ccc(S(=O)(=O)N2CCC(C(=O)NC(C)C(=O)Nc3c(C)n(C)n(-c4ccccc4)c3=O)CC2)cc1. The van der Waals surface area contributed by atoms with Crippen LogP contribution in [0.3, 0.4) is 0 Å². The Morgan fingerprint density at radius 1 is 0.974 bits per heavy atom. The maximum Gasteiger partial charge on any atom is 0.295 e. The Morgan fingerprint density at radius 3 is 2.18 bits per heavy atom. The lowest BCUT2D eigenvalue weighted by molar-refractivity contribution is -0.129. The number of sulfonamides is 1. The molecule has 0 aliphatic carbocycles. The second-order valence-corrected chi connectivity index (χ2v) is 11.6. The maximum atomic E-state index is 13.1. The molecular formula is C27H33N5O5S. The fourth-order valence-electron chi connectivity index (χ4n) is 4.56. The number of aryl methyl sites for hydroxylation is 1. The third-order valence-electron chi connectivity index (χ3n) is 7.04. The lowest BCUT2D eigenvalue weighted by atomic mass is 9.97. The minimum absolute atomic E-state index is 0.150. The molecule has 202 valence electrons. The van der Waals surface area contributed by atoms with Gasteiger partial charge in [0.25, 0.3) is 5.56 Å². The van der Waals surface area contributed by atoms with Crippen LogP contribution < -0.4 is 16.2 Å². The van der Waals surface area contributed by atoms with Crippen molar-refractivity contribution < 1.29 is 18.0 Å². The number of rotatable bonds is 7. The summed E-state index contributed by atoms with van der Waals surface area (Å²) in [4.78, 5) is 39.1. The highest BCUT2D eigenvalue weighted by Gasteiger charge is 2.33. The number of piperidine rings is 1. The molecule has 1 aromatic heterocycles. The Morgan fingerprint density at radius 2 is 1.58 bits per heavy atom. The minimum atomic E-state index is -3.62. The number of carbonyl (C=O) groups excluding carboxylic acids is 2. The number of carbonyl (C=O) groups is 2. The van der Waals surface area contributed by atoms with Gasteiger partial charge in [0.2, 0.25) is 21.8 Å². The molecule has 1 atom stereocenters. The smallest absolute Gasteiger partial charge is 0.295 e. The van der Waals surface area contributed by atoms with Gasteiger partial charge in [0.05, 0.1) is 16.3 Å². The van der Waals surface area contributed by atoms with Crippen molar-refractivity contribution in [1.82, 2.24) is 19.0 Å². The second-order valence-electron chi connectivity index (χ2n) is 9.65. The molecule has 1 aliphatic heterocycles. The van der Waals surface area contributed by atoms with Crippen LogP contribution in [-0.2, 0) is 26.7 Å². The van der Waals surface area contributed by atoms with Gasteiger partial charge in [-0.3, -0.25) is 19.1 Å². The van der Waals surface area contributed by atoms with Gasteiger partial charge in [0.15, 0.2) is 0 Å². The topological polar surface area (TPSA) is 123 Å². The third-order valence-corrected chi connectivity index (χ3v) is 8.95. The van der Waals surface area contributed by atoms with Crippen LogP contribution in [-0.4, -0.2) is 53.0 Å². The molecule has 1 saturated heterocycles. The van der Waals surface area contributed by atoms with E-state index in [1.54, 1.807) is 62.0 Å². The molecule has 0 radical (unpaired) electrons. The van der Waals surface area contributed by atoms with Crippen molar-refractivity contribution in [2.24, 2.45) is 13.0 Å². The summed E-state index contributed by atoms with van der Waals surface area (Å²) in [7, 11) is -1.89. The Bertz CT molecular complexity index is 1490. The summed E-state index contributed by atoms with van der Waals surface area (Å²) in [5, 5.41) is 5.39. The monoisotopic (exact) mass is 539 g/mol. The van der Waals surface area contributed by atoms with E-state index in [9.17, 15) is 22.8 Å². The molecule has 0 saturated carbocycles. The number of amides is 2. The van der Waals surface area contributed by atoms with Gasteiger partial charge in [-0.25, -0.2) is 13.1 Å². The Balaban J connectivity index is 1.36. The first-order chi connectivity index (χ1) is 18.0. The quantitative estimate of drug-likeness (QED) is 0.477. The highest BCUT2D eigenvalue weighted by molar-refractivity contribution is 7.89. The second kappa shape index (κ2) is 11.0. The summed E-state index contributed by atoms with van der Waals surface area (Å²) in [6.07, 6.45) is 0.704. The molecule has 1 unspecified atom stereocenters. The number of para-hydroxylation sites is 1. The standard InChI is InChI=1S/C27H33N5O5S/c1-18-10-12-23(13-11-18)38(36,37)31-16-14-21(15-17-31)26(34)28-19(2)25(33)29-24-20(3)30(4)32(27(24)35)22-8-6-5-7-9-22/h5-13,19,21H,14-17H2,1-4H3,(H,28,34)(H,29,33). The molecule has 2 N–H and O–H groups in total. The van der Waals surface area contributed by atoms with Gasteiger partial charge in [-0.1, -0.05) is 35.9 Å². The summed E-state index contributed by atoms with van der Waals surface area (Å²) in [6, 6.07) is 14.9. The largest absolute Gasteiger partial charge is 0.344 e. The molecule has 10 nitrogen and oxygen atoms in total. The van der Waals surface area contributed by atoms with Crippen molar-refractivity contribution in [2.45, 2.75) is 44.6 Å². The van der Waals surface area contributed by atoms with Crippen LogP contribution in [0.2, 0.25) is 0 Å². The highest BCUT2D eigenvalue weighted by atomic mass is 32.2. The Kier molecular flexibility index (Phi) is 7.89. The Hall–Kier alpha value is -3.70. The van der Waals surface area contributed by atoms with Crippen LogP contribution in [0.1, 0.15) is 31.0 Å². The van der Waals surface area contributed by atoms with E-state index in [1.807, 2.05) is 25.1 Å². The van der Waals surface area contributed by atoms with E-state index in [2.05, 4.69) is 10.6 Å². The molecule has 0 spiro atoms. The molecule has 0 bridgehead atoms. The van der Waals surface area contributed by atoms with Crippen molar-refractivity contribution >= 4 is 27.5 Å². The van der Waals surface area contributed by atoms with Gasteiger partial charge in [0.1, 0.15) is 11.7 Å². The molecular weight excluding hydrogens is 506 g/mol. The van der Waals surface area contributed by atoms with Crippen molar-refractivity contribution in [1.29, 1.82) is 0 Å². The van der Waals surface area contributed by atoms with Crippen molar-refractivity contribution in [2.75, 3.05) is 18.4 Å². The molecule has 2 aromatic carbocycles.